The van der Waals surface area contributed by atoms with E-state index in [9.17, 15) is 4.79 Å². The number of ether oxygens (including phenoxy) is 1. The molecule has 4 heteroatoms. The van der Waals surface area contributed by atoms with Gasteiger partial charge < -0.3 is 10.1 Å². The first-order valence-corrected chi connectivity index (χ1v) is 8.34. The molecule has 0 saturated carbocycles. The first-order chi connectivity index (χ1) is 11.6. The highest BCUT2D eigenvalue weighted by atomic mass is 16.5. The Labute approximate surface area is 144 Å². The second-order valence-corrected chi connectivity index (χ2v) is 6.03. The van der Waals surface area contributed by atoms with E-state index in [0.29, 0.717) is 19.2 Å². The van der Waals surface area contributed by atoms with Crippen molar-refractivity contribution in [2.24, 2.45) is 0 Å². The van der Waals surface area contributed by atoms with E-state index in [4.69, 9.17) is 4.74 Å². The van der Waals surface area contributed by atoms with Crippen LogP contribution in [0.3, 0.4) is 0 Å². The van der Waals surface area contributed by atoms with Crippen LogP contribution in [0.15, 0.2) is 60.7 Å². The summed E-state index contributed by atoms with van der Waals surface area (Å²) in [6, 6.07) is 20.4. The van der Waals surface area contributed by atoms with E-state index in [-0.39, 0.29) is 6.09 Å². The maximum atomic E-state index is 11.7. The molecule has 0 heterocycles. The molecular formula is C20H26N2O2. The van der Waals surface area contributed by atoms with Crippen molar-refractivity contribution in [2.45, 2.75) is 32.5 Å². The number of nitrogens with one attached hydrogen (secondary N) is 1. The van der Waals surface area contributed by atoms with E-state index < -0.39 is 0 Å². The Morgan fingerprint density at radius 1 is 1.04 bits per heavy atom. The maximum absolute atomic E-state index is 11.7. The molecule has 0 bridgehead atoms. The predicted molar refractivity (Wildman–Crippen MR) is 96.6 cm³/mol. The molecule has 1 unspecified atom stereocenters. The normalized spacial score (nSPS) is 12.0. The molecule has 4 nitrogen and oxygen atoms in total. The molecule has 0 radical (unpaired) electrons. The number of benzene rings is 2. The van der Waals surface area contributed by atoms with Crippen LogP contribution >= 0.6 is 0 Å². The highest BCUT2D eigenvalue weighted by Gasteiger charge is 2.10. The quantitative estimate of drug-likeness (QED) is 0.802. The summed E-state index contributed by atoms with van der Waals surface area (Å²) >= 11 is 0. The van der Waals surface area contributed by atoms with Crippen LogP contribution in [0.2, 0.25) is 0 Å². The first-order valence-electron chi connectivity index (χ1n) is 8.34. The van der Waals surface area contributed by atoms with Crippen molar-refractivity contribution in [3.63, 3.8) is 0 Å². The van der Waals surface area contributed by atoms with Crippen molar-refractivity contribution < 1.29 is 9.53 Å². The van der Waals surface area contributed by atoms with Gasteiger partial charge in [0.2, 0.25) is 0 Å². The number of carbonyl (C=O) groups is 1. The van der Waals surface area contributed by atoms with Crippen molar-refractivity contribution in [2.75, 3.05) is 13.6 Å². The Balaban J connectivity index is 1.62. The van der Waals surface area contributed by atoms with Crippen molar-refractivity contribution in [3.8, 4) is 0 Å². The number of alkyl carbamates (subject to hydrolysis) is 1. The molecule has 2 rings (SSSR count). The Bertz CT molecular complexity index is 602. The number of hydrogen-bond acceptors (Lipinski definition) is 3. The lowest BCUT2D eigenvalue weighted by Crippen LogP contribution is -2.33. The standard InChI is InChI=1S/C20H26N2O2/c1-17(22(2)15-18-9-5-3-6-10-18)13-14-21-20(23)24-16-19-11-7-4-8-12-19/h3-12,17H,13-16H2,1-2H3,(H,21,23). The van der Waals surface area contributed by atoms with Gasteiger partial charge in [-0.2, -0.15) is 0 Å². The maximum Gasteiger partial charge on any atom is 0.407 e. The van der Waals surface area contributed by atoms with Crippen LogP contribution in [0, 0.1) is 0 Å². The third kappa shape index (κ3) is 6.42. The highest BCUT2D eigenvalue weighted by molar-refractivity contribution is 5.67. The Kier molecular flexibility index (Phi) is 7.30. The number of rotatable bonds is 8. The third-order valence-electron chi connectivity index (χ3n) is 4.07. The molecule has 0 saturated heterocycles. The van der Waals surface area contributed by atoms with Gasteiger partial charge in [-0.3, -0.25) is 4.90 Å². The molecule has 0 aromatic heterocycles. The van der Waals surface area contributed by atoms with E-state index in [1.165, 1.54) is 5.56 Å². The first kappa shape index (κ1) is 18.0. The van der Waals surface area contributed by atoms with Gasteiger partial charge in [-0.15, -0.1) is 0 Å². The average molecular weight is 326 g/mol. The third-order valence-corrected chi connectivity index (χ3v) is 4.07. The molecule has 0 fully saturated rings. The number of nitrogens with zero attached hydrogens (tertiary/aromatic N) is 1. The van der Waals surface area contributed by atoms with Crippen molar-refractivity contribution >= 4 is 6.09 Å². The van der Waals surface area contributed by atoms with Gasteiger partial charge in [0.05, 0.1) is 0 Å². The SMILES string of the molecule is CC(CCNC(=O)OCc1ccccc1)N(C)Cc1ccccc1. The van der Waals surface area contributed by atoms with Crippen LogP contribution in [0.25, 0.3) is 0 Å². The minimum atomic E-state index is -0.364. The number of hydrogen-bond donors (Lipinski definition) is 1. The zero-order valence-electron chi connectivity index (χ0n) is 14.4. The second-order valence-electron chi connectivity index (χ2n) is 6.03. The van der Waals surface area contributed by atoms with Gasteiger partial charge in [0, 0.05) is 19.1 Å². The van der Waals surface area contributed by atoms with Gasteiger partial charge in [0.15, 0.2) is 0 Å². The van der Waals surface area contributed by atoms with Crippen molar-refractivity contribution in [1.82, 2.24) is 10.2 Å². The van der Waals surface area contributed by atoms with E-state index in [0.717, 1.165) is 18.5 Å². The summed E-state index contributed by atoms with van der Waals surface area (Å²) in [6.07, 6.45) is 0.515. The second kappa shape index (κ2) is 9.73. The van der Waals surface area contributed by atoms with Gasteiger partial charge in [-0.25, -0.2) is 4.79 Å². The van der Waals surface area contributed by atoms with Gasteiger partial charge >= 0.3 is 6.09 Å². The zero-order valence-corrected chi connectivity index (χ0v) is 14.4. The largest absolute Gasteiger partial charge is 0.445 e. The summed E-state index contributed by atoms with van der Waals surface area (Å²) in [5.41, 5.74) is 2.28. The monoisotopic (exact) mass is 326 g/mol. The van der Waals surface area contributed by atoms with Crippen molar-refractivity contribution in [3.05, 3.63) is 71.8 Å². The molecule has 128 valence electrons. The van der Waals surface area contributed by atoms with Crippen LogP contribution in [0.4, 0.5) is 4.79 Å². The Hall–Kier alpha value is -2.33. The van der Waals surface area contributed by atoms with E-state index in [1.807, 2.05) is 36.4 Å². The van der Waals surface area contributed by atoms with Crippen LogP contribution in [0.1, 0.15) is 24.5 Å². The molecule has 0 aliphatic heterocycles. The topological polar surface area (TPSA) is 41.6 Å². The fourth-order valence-corrected chi connectivity index (χ4v) is 2.40. The van der Waals surface area contributed by atoms with Crippen LogP contribution < -0.4 is 5.32 Å². The molecule has 1 amide bonds. The minimum Gasteiger partial charge on any atom is -0.445 e. The van der Waals surface area contributed by atoms with Gasteiger partial charge in [-0.05, 0) is 31.5 Å². The molecule has 2 aromatic rings. The summed E-state index contributed by atoms with van der Waals surface area (Å²) in [6.45, 7) is 3.98. The predicted octanol–water partition coefficient (Wildman–Crippen LogP) is 3.82. The highest BCUT2D eigenvalue weighted by Crippen LogP contribution is 2.08. The Morgan fingerprint density at radius 3 is 2.25 bits per heavy atom. The molecule has 2 aromatic carbocycles. The summed E-state index contributed by atoms with van der Waals surface area (Å²) in [5.74, 6) is 0. The van der Waals surface area contributed by atoms with E-state index >= 15 is 0 Å². The van der Waals surface area contributed by atoms with Gasteiger partial charge in [-0.1, -0.05) is 60.7 Å². The number of carbonyl (C=O) groups excluding carboxylic acids is 1. The van der Waals surface area contributed by atoms with Gasteiger partial charge in [0.25, 0.3) is 0 Å². The Morgan fingerprint density at radius 2 is 1.62 bits per heavy atom. The summed E-state index contributed by atoms with van der Waals surface area (Å²) in [4.78, 5) is 14.0. The van der Waals surface area contributed by atoms with Crippen LogP contribution in [-0.2, 0) is 17.9 Å². The fraction of sp³-hybridized carbons (Fsp3) is 0.350. The molecule has 24 heavy (non-hydrogen) atoms. The fourth-order valence-electron chi connectivity index (χ4n) is 2.40. The van der Waals surface area contributed by atoms with E-state index in [2.05, 4.69) is 48.5 Å². The zero-order chi connectivity index (χ0) is 17.2. The molecule has 0 aliphatic rings. The van der Waals surface area contributed by atoms with Gasteiger partial charge in [0.1, 0.15) is 6.61 Å². The lowest BCUT2D eigenvalue weighted by atomic mass is 10.1. The summed E-state index contributed by atoms with van der Waals surface area (Å²) < 4.78 is 5.20. The molecule has 1 N–H and O–H groups in total. The van der Waals surface area contributed by atoms with Crippen LogP contribution in [0.5, 0.6) is 0 Å². The smallest absolute Gasteiger partial charge is 0.407 e. The van der Waals surface area contributed by atoms with Crippen molar-refractivity contribution in [1.29, 1.82) is 0 Å². The molecule has 0 aliphatic carbocycles. The summed E-state index contributed by atoms with van der Waals surface area (Å²) in [7, 11) is 2.10. The molecular weight excluding hydrogens is 300 g/mol. The average Bonchev–Trinajstić information content (AvgIpc) is 2.61. The van der Waals surface area contributed by atoms with E-state index in [1.54, 1.807) is 0 Å². The lowest BCUT2D eigenvalue weighted by molar-refractivity contribution is 0.138. The lowest BCUT2D eigenvalue weighted by Gasteiger charge is -2.24. The van der Waals surface area contributed by atoms with Crippen LogP contribution in [-0.4, -0.2) is 30.6 Å². The minimum absolute atomic E-state index is 0.302. The molecule has 0 spiro atoms. The number of amides is 1. The molecule has 1 atom stereocenters. The summed E-state index contributed by atoms with van der Waals surface area (Å²) in [5, 5.41) is 2.81.